The zero-order valence-corrected chi connectivity index (χ0v) is 11.0. The highest BCUT2D eigenvalue weighted by Crippen LogP contribution is 2.14. The summed E-state index contributed by atoms with van der Waals surface area (Å²) >= 11 is 0. The summed E-state index contributed by atoms with van der Waals surface area (Å²) in [6, 6.07) is 0. The van der Waals surface area contributed by atoms with Gasteiger partial charge in [-0.2, -0.15) is 0 Å². The molecule has 1 saturated heterocycles. The van der Waals surface area contributed by atoms with E-state index in [0.29, 0.717) is 25.6 Å². The summed E-state index contributed by atoms with van der Waals surface area (Å²) in [6.07, 6.45) is 3.85. The molecule has 0 amide bonds. The van der Waals surface area contributed by atoms with E-state index in [1.54, 1.807) is 0 Å². The highest BCUT2D eigenvalue weighted by molar-refractivity contribution is 5.74. The molecule has 0 aromatic carbocycles. The van der Waals surface area contributed by atoms with Crippen molar-refractivity contribution in [3.05, 3.63) is 0 Å². The molecule has 0 aromatic heterocycles. The molecule has 0 radical (unpaired) electrons. The van der Waals surface area contributed by atoms with Gasteiger partial charge in [0.2, 0.25) is 0 Å². The van der Waals surface area contributed by atoms with Crippen LogP contribution < -0.4 is 5.32 Å². The van der Waals surface area contributed by atoms with Crippen molar-refractivity contribution < 1.29 is 14.3 Å². The van der Waals surface area contributed by atoms with Gasteiger partial charge in [0.1, 0.15) is 0 Å². The third-order valence-electron chi connectivity index (χ3n) is 3.16. The normalized spacial score (nSPS) is 22.1. The highest BCUT2D eigenvalue weighted by atomic mass is 16.6. The summed E-state index contributed by atoms with van der Waals surface area (Å²) < 4.78 is 10.6. The molecule has 0 saturated carbocycles. The standard InChI is InChI=1S/C13H25NO3/c1-3-12(13(15)16-4-2)17-9-7-11-6-5-8-14-10-11/h11-12,14H,3-10H2,1-2H3. The number of esters is 1. The van der Waals surface area contributed by atoms with Crippen molar-refractivity contribution in [3.63, 3.8) is 0 Å². The molecule has 1 N–H and O–H groups in total. The number of nitrogens with one attached hydrogen (secondary N) is 1. The van der Waals surface area contributed by atoms with E-state index in [0.717, 1.165) is 19.5 Å². The topological polar surface area (TPSA) is 47.6 Å². The molecular weight excluding hydrogens is 218 g/mol. The quantitative estimate of drug-likeness (QED) is 0.692. The minimum absolute atomic E-state index is 0.225. The zero-order valence-electron chi connectivity index (χ0n) is 11.0. The Bertz CT molecular complexity index is 215. The molecule has 0 aromatic rings. The molecule has 0 bridgehead atoms. The van der Waals surface area contributed by atoms with Crippen LogP contribution in [0.4, 0.5) is 0 Å². The molecule has 1 aliphatic rings. The molecule has 0 aliphatic carbocycles. The number of carbonyl (C=O) groups is 1. The molecule has 1 fully saturated rings. The number of piperidine rings is 1. The Hall–Kier alpha value is -0.610. The number of hydrogen-bond acceptors (Lipinski definition) is 4. The van der Waals surface area contributed by atoms with Crippen molar-refractivity contribution in [1.29, 1.82) is 0 Å². The second kappa shape index (κ2) is 8.48. The fraction of sp³-hybridized carbons (Fsp3) is 0.923. The van der Waals surface area contributed by atoms with Crippen molar-refractivity contribution in [2.45, 2.75) is 45.6 Å². The Labute approximate surface area is 104 Å². The van der Waals surface area contributed by atoms with Crippen molar-refractivity contribution in [2.75, 3.05) is 26.3 Å². The smallest absolute Gasteiger partial charge is 0.335 e. The second-order valence-corrected chi connectivity index (χ2v) is 4.52. The SMILES string of the molecule is CCOC(=O)C(CC)OCCC1CCCNC1. The summed E-state index contributed by atoms with van der Waals surface area (Å²) in [5.41, 5.74) is 0. The third-order valence-corrected chi connectivity index (χ3v) is 3.16. The van der Waals surface area contributed by atoms with E-state index < -0.39 is 0 Å². The van der Waals surface area contributed by atoms with Gasteiger partial charge in [-0.3, -0.25) is 0 Å². The Balaban J connectivity index is 2.16. The van der Waals surface area contributed by atoms with Crippen LogP contribution in [0.3, 0.4) is 0 Å². The predicted octanol–water partition coefficient (Wildman–Crippen LogP) is 1.73. The minimum atomic E-state index is -0.383. The van der Waals surface area contributed by atoms with Gasteiger partial charge < -0.3 is 14.8 Å². The third kappa shape index (κ3) is 5.50. The van der Waals surface area contributed by atoms with E-state index in [9.17, 15) is 4.79 Å². The lowest BCUT2D eigenvalue weighted by Crippen LogP contribution is -2.31. The average molecular weight is 243 g/mol. The van der Waals surface area contributed by atoms with E-state index in [1.807, 2.05) is 13.8 Å². The van der Waals surface area contributed by atoms with Crippen molar-refractivity contribution in [1.82, 2.24) is 5.32 Å². The molecule has 1 heterocycles. The first-order valence-electron chi connectivity index (χ1n) is 6.76. The van der Waals surface area contributed by atoms with Crippen LogP contribution in [0.5, 0.6) is 0 Å². The van der Waals surface area contributed by atoms with Crippen LogP contribution in [0.25, 0.3) is 0 Å². The molecule has 1 aliphatic heterocycles. The first-order chi connectivity index (χ1) is 8.27. The molecule has 1 rings (SSSR count). The van der Waals surface area contributed by atoms with Crippen LogP contribution in [0.1, 0.15) is 39.5 Å². The molecule has 4 heteroatoms. The maximum absolute atomic E-state index is 11.5. The largest absolute Gasteiger partial charge is 0.464 e. The van der Waals surface area contributed by atoms with Gasteiger partial charge >= 0.3 is 5.97 Å². The lowest BCUT2D eigenvalue weighted by atomic mass is 9.97. The lowest BCUT2D eigenvalue weighted by Gasteiger charge is -2.23. The predicted molar refractivity (Wildman–Crippen MR) is 66.9 cm³/mol. The Kier molecular flexibility index (Phi) is 7.21. The molecule has 2 atom stereocenters. The van der Waals surface area contributed by atoms with E-state index in [2.05, 4.69) is 5.32 Å². The first-order valence-corrected chi connectivity index (χ1v) is 6.76. The highest BCUT2D eigenvalue weighted by Gasteiger charge is 2.19. The van der Waals surface area contributed by atoms with Crippen molar-refractivity contribution >= 4 is 5.97 Å². The van der Waals surface area contributed by atoms with E-state index >= 15 is 0 Å². The Morgan fingerprint density at radius 3 is 2.88 bits per heavy atom. The van der Waals surface area contributed by atoms with Gasteiger partial charge in [0.25, 0.3) is 0 Å². The monoisotopic (exact) mass is 243 g/mol. The van der Waals surface area contributed by atoms with Gasteiger partial charge in [0.15, 0.2) is 6.10 Å². The van der Waals surface area contributed by atoms with E-state index in [-0.39, 0.29) is 12.1 Å². The van der Waals surface area contributed by atoms with Gasteiger partial charge in [-0.1, -0.05) is 6.92 Å². The number of carbonyl (C=O) groups excluding carboxylic acids is 1. The van der Waals surface area contributed by atoms with E-state index in [4.69, 9.17) is 9.47 Å². The Morgan fingerprint density at radius 2 is 2.29 bits per heavy atom. The first kappa shape index (κ1) is 14.5. The van der Waals surface area contributed by atoms with Gasteiger partial charge in [0.05, 0.1) is 6.61 Å². The minimum Gasteiger partial charge on any atom is -0.464 e. The second-order valence-electron chi connectivity index (χ2n) is 4.52. The molecule has 17 heavy (non-hydrogen) atoms. The average Bonchev–Trinajstić information content (AvgIpc) is 2.36. The van der Waals surface area contributed by atoms with Crippen LogP contribution in [-0.2, 0) is 14.3 Å². The van der Waals surface area contributed by atoms with Crippen LogP contribution in [-0.4, -0.2) is 38.4 Å². The lowest BCUT2D eigenvalue weighted by molar-refractivity contribution is -0.157. The summed E-state index contributed by atoms with van der Waals surface area (Å²) in [5, 5.41) is 3.38. The number of rotatable bonds is 7. The fourth-order valence-corrected chi connectivity index (χ4v) is 2.14. The van der Waals surface area contributed by atoms with Crippen molar-refractivity contribution in [2.24, 2.45) is 5.92 Å². The summed E-state index contributed by atoms with van der Waals surface area (Å²) in [4.78, 5) is 11.5. The van der Waals surface area contributed by atoms with Gasteiger partial charge in [-0.05, 0) is 51.6 Å². The van der Waals surface area contributed by atoms with Crippen LogP contribution in [0.15, 0.2) is 0 Å². The van der Waals surface area contributed by atoms with Crippen molar-refractivity contribution in [3.8, 4) is 0 Å². The number of ether oxygens (including phenoxy) is 2. The van der Waals surface area contributed by atoms with Crippen LogP contribution in [0, 0.1) is 5.92 Å². The van der Waals surface area contributed by atoms with Gasteiger partial charge in [-0.15, -0.1) is 0 Å². The Morgan fingerprint density at radius 1 is 1.47 bits per heavy atom. The molecule has 2 unspecified atom stereocenters. The summed E-state index contributed by atoms with van der Waals surface area (Å²) in [7, 11) is 0. The van der Waals surface area contributed by atoms with Crippen LogP contribution >= 0.6 is 0 Å². The van der Waals surface area contributed by atoms with Gasteiger partial charge in [-0.25, -0.2) is 4.79 Å². The zero-order chi connectivity index (χ0) is 12.5. The molecule has 4 nitrogen and oxygen atoms in total. The maximum atomic E-state index is 11.5. The summed E-state index contributed by atoms with van der Waals surface area (Å²) in [5.74, 6) is 0.472. The fourth-order valence-electron chi connectivity index (χ4n) is 2.14. The van der Waals surface area contributed by atoms with Gasteiger partial charge in [0, 0.05) is 6.61 Å². The molecular formula is C13H25NO3. The molecule has 0 spiro atoms. The summed E-state index contributed by atoms with van der Waals surface area (Å²) in [6.45, 7) is 7.06. The van der Waals surface area contributed by atoms with Crippen LogP contribution in [0.2, 0.25) is 0 Å². The maximum Gasteiger partial charge on any atom is 0.335 e. The number of hydrogen-bond donors (Lipinski definition) is 1. The van der Waals surface area contributed by atoms with E-state index in [1.165, 1.54) is 12.8 Å². The molecule has 100 valence electrons.